The number of nitrogens with zero attached hydrogens (tertiary/aromatic N) is 3. The molecule has 0 spiro atoms. The van der Waals surface area contributed by atoms with Crippen LogP contribution in [0, 0.1) is 0 Å². The third-order valence-electron chi connectivity index (χ3n) is 5.27. The van der Waals surface area contributed by atoms with Crippen molar-refractivity contribution in [1.82, 2.24) is 19.7 Å². The molecule has 0 unspecified atom stereocenters. The summed E-state index contributed by atoms with van der Waals surface area (Å²) in [6.45, 7) is 3.87. The van der Waals surface area contributed by atoms with E-state index in [0.29, 0.717) is 10.6 Å². The molecule has 3 aromatic rings. The Morgan fingerprint density at radius 1 is 1.06 bits per heavy atom. The zero-order chi connectivity index (χ0) is 26.7. The van der Waals surface area contributed by atoms with Crippen molar-refractivity contribution in [2.45, 2.75) is 45.6 Å². The van der Waals surface area contributed by atoms with Crippen molar-refractivity contribution >= 4 is 23.5 Å². The number of carbonyl (C=O) groups is 2. The molecule has 0 saturated carbocycles. The summed E-state index contributed by atoms with van der Waals surface area (Å²) in [5, 5.41) is 7.31. The monoisotopic (exact) mass is 524 g/mol. The Labute approximate surface area is 209 Å². The second-order valence-corrected chi connectivity index (χ2v) is 8.85. The van der Waals surface area contributed by atoms with E-state index in [1.54, 1.807) is 45.0 Å². The molecule has 12 heteroatoms. The summed E-state index contributed by atoms with van der Waals surface area (Å²) in [7, 11) is 0. The third-order valence-corrected chi connectivity index (χ3v) is 5.53. The van der Waals surface area contributed by atoms with Crippen molar-refractivity contribution in [2.75, 3.05) is 6.61 Å². The Balaban J connectivity index is 1.88. The van der Waals surface area contributed by atoms with Gasteiger partial charge in [-0.05, 0) is 62.7 Å². The number of hydrogen-bond acceptors (Lipinski definition) is 5. The van der Waals surface area contributed by atoms with Gasteiger partial charge >= 0.3 is 17.8 Å². The predicted octanol–water partition coefficient (Wildman–Crippen LogP) is 4.00. The van der Waals surface area contributed by atoms with Crippen molar-refractivity contribution < 1.29 is 27.5 Å². The molecule has 0 aliphatic carbocycles. The molecule has 1 amide bonds. The molecule has 0 fully saturated rings. The van der Waals surface area contributed by atoms with Gasteiger partial charge in [0.2, 0.25) is 5.91 Å². The number of esters is 1. The first-order valence-corrected chi connectivity index (χ1v) is 11.3. The lowest BCUT2D eigenvalue weighted by atomic mass is 9.92. The van der Waals surface area contributed by atoms with Crippen LogP contribution in [-0.4, -0.2) is 32.8 Å². The lowest BCUT2D eigenvalue weighted by Crippen LogP contribution is -2.44. The molecule has 0 atom stereocenters. The van der Waals surface area contributed by atoms with E-state index in [0.717, 1.165) is 21.4 Å². The first-order chi connectivity index (χ1) is 16.8. The van der Waals surface area contributed by atoms with E-state index in [-0.39, 0.29) is 18.0 Å². The first kappa shape index (κ1) is 27.0. The molecule has 1 N–H and O–H groups in total. The lowest BCUT2D eigenvalue weighted by molar-refractivity contribution is -0.144. The number of carbonyl (C=O) groups excluding carboxylic acids is 2. The van der Waals surface area contributed by atoms with Gasteiger partial charge in [0.1, 0.15) is 13.1 Å². The van der Waals surface area contributed by atoms with Gasteiger partial charge in [-0.2, -0.15) is 13.2 Å². The quantitative estimate of drug-likeness (QED) is 0.449. The number of rotatable bonds is 8. The van der Waals surface area contributed by atoms with Crippen molar-refractivity contribution in [3.63, 3.8) is 0 Å². The van der Waals surface area contributed by atoms with Crippen LogP contribution in [0.25, 0.3) is 11.4 Å². The van der Waals surface area contributed by atoms with Gasteiger partial charge in [-0.1, -0.05) is 23.7 Å². The van der Waals surface area contributed by atoms with Gasteiger partial charge in [-0.15, -0.1) is 5.10 Å². The number of hydrogen-bond donors (Lipinski definition) is 1. The summed E-state index contributed by atoms with van der Waals surface area (Å²) >= 11 is 5.93. The molecule has 0 radical (unpaired) electrons. The summed E-state index contributed by atoms with van der Waals surface area (Å²) in [6, 6.07) is 11.0. The van der Waals surface area contributed by atoms with Crippen LogP contribution in [0.3, 0.4) is 0 Å². The summed E-state index contributed by atoms with van der Waals surface area (Å²) < 4.78 is 46.2. The third kappa shape index (κ3) is 6.34. The molecule has 192 valence electrons. The first-order valence-electron chi connectivity index (χ1n) is 10.9. The van der Waals surface area contributed by atoms with Crippen LogP contribution in [0.15, 0.2) is 53.3 Å². The SMILES string of the molecule is CCOC(=O)Cn1c(-c2ccc(Cl)cc2)nn(CC(=O)NC(C)(C)c2cccc(C(F)(F)F)c2)c1=O. The molecular formula is C24H24ClF3N4O4. The highest BCUT2D eigenvalue weighted by molar-refractivity contribution is 6.30. The topological polar surface area (TPSA) is 95.2 Å². The van der Waals surface area contributed by atoms with E-state index >= 15 is 0 Å². The number of amides is 1. The van der Waals surface area contributed by atoms with E-state index in [4.69, 9.17) is 16.3 Å². The molecule has 0 aliphatic rings. The summed E-state index contributed by atoms with van der Waals surface area (Å²) in [6.07, 6.45) is -4.53. The lowest BCUT2D eigenvalue weighted by Gasteiger charge is -2.27. The summed E-state index contributed by atoms with van der Waals surface area (Å²) in [5.74, 6) is -1.21. The van der Waals surface area contributed by atoms with Crippen molar-refractivity contribution in [2.24, 2.45) is 0 Å². The van der Waals surface area contributed by atoms with Gasteiger partial charge in [0.05, 0.1) is 17.7 Å². The molecule has 2 aromatic carbocycles. The van der Waals surface area contributed by atoms with Crippen LogP contribution in [0.4, 0.5) is 13.2 Å². The fraction of sp³-hybridized carbons (Fsp3) is 0.333. The molecule has 0 bridgehead atoms. The average Bonchev–Trinajstić information content (AvgIpc) is 3.08. The maximum Gasteiger partial charge on any atom is 0.416 e. The number of aromatic nitrogens is 3. The van der Waals surface area contributed by atoms with Gasteiger partial charge in [-0.3, -0.25) is 14.2 Å². The van der Waals surface area contributed by atoms with E-state index in [2.05, 4.69) is 10.4 Å². The van der Waals surface area contributed by atoms with Crippen LogP contribution >= 0.6 is 11.6 Å². The van der Waals surface area contributed by atoms with Crippen LogP contribution < -0.4 is 11.0 Å². The average molecular weight is 525 g/mol. The number of benzene rings is 2. The Morgan fingerprint density at radius 2 is 1.69 bits per heavy atom. The van der Waals surface area contributed by atoms with Gasteiger partial charge in [0.15, 0.2) is 5.82 Å². The Morgan fingerprint density at radius 3 is 2.31 bits per heavy atom. The smallest absolute Gasteiger partial charge is 0.416 e. The summed E-state index contributed by atoms with van der Waals surface area (Å²) in [5.41, 5.74) is -2.06. The molecule has 1 aromatic heterocycles. The van der Waals surface area contributed by atoms with Crippen LogP contribution in [0.2, 0.25) is 5.02 Å². The number of alkyl halides is 3. The van der Waals surface area contributed by atoms with Crippen LogP contribution in [0.5, 0.6) is 0 Å². The highest BCUT2D eigenvalue weighted by atomic mass is 35.5. The van der Waals surface area contributed by atoms with Crippen LogP contribution in [-0.2, 0) is 39.1 Å². The molecule has 0 saturated heterocycles. The Bertz CT molecular complexity index is 1310. The molecule has 36 heavy (non-hydrogen) atoms. The number of halogens is 4. The van der Waals surface area contributed by atoms with E-state index in [1.807, 2.05) is 0 Å². The Kier molecular flexibility index (Phi) is 7.92. The van der Waals surface area contributed by atoms with Gasteiger partial charge in [0, 0.05) is 10.6 Å². The molecule has 0 aliphatic heterocycles. The standard InChI is InChI=1S/C24H24ClF3N4O4/c1-4-36-20(34)14-31-21(15-8-10-18(25)11-9-15)30-32(22(31)35)13-19(33)29-23(2,3)16-6-5-7-17(12-16)24(26,27)28/h5-12H,4,13-14H2,1-3H3,(H,29,33). The van der Waals surface area contributed by atoms with Gasteiger partial charge < -0.3 is 10.1 Å². The molecular weight excluding hydrogens is 501 g/mol. The summed E-state index contributed by atoms with van der Waals surface area (Å²) in [4.78, 5) is 37.9. The van der Waals surface area contributed by atoms with Crippen molar-refractivity contribution in [1.29, 1.82) is 0 Å². The fourth-order valence-corrected chi connectivity index (χ4v) is 3.64. The van der Waals surface area contributed by atoms with E-state index in [9.17, 15) is 27.6 Å². The molecule has 1 heterocycles. The zero-order valence-corrected chi connectivity index (χ0v) is 20.5. The minimum Gasteiger partial charge on any atom is -0.465 e. The maximum atomic E-state index is 13.1. The molecule has 3 rings (SSSR count). The van der Waals surface area contributed by atoms with Crippen molar-refractivity contribution in [3.8, 4) is 11.4 Å². The largest absolute Gasteiger partial charge is 0.465 e. The highest BCUT2D eigenvalue weighted by Crippen LogP contribution is 2.32. The highest BCUT2D eigenvalue weighted by Gasteiger charge is 2.32. The second kappa shape index (κ2) is 10.6. The second-order valence-electron chi connectivity index (χ2n) is 8.41. The fourth-order valence-electron chi connectivity index (χ4n) is 3.52. The zero-order valence-electron chi connectivity index (χ0n) is 19.7. The predicted molar refractivity (Wildman–Crippen MR) is 126 cm³/mol. The normalized spacial score (nSPS) is 11.9. The molecule has 8 nitrogen and oxygen atoms in total. The number of nitrogens with one attached hydrogen (secondary N) is 1. The van der Waals surface area contributed by atoms with E-state index in [1.165, 1.54) is 12.1 Å². The van der Waals surface area contributed by atoms with Gasteiger partial charge in [-0.25, -0.2) is 9.48 Å². The minimum absolute atomic E-state index is 0.116. The van der Waals surface area contributed by atoms with Crippen molar-refractivity contribution in [3.05, 3.63) is 75.2 Å². The van der Waals surface area contributed by atoms with E-state index < -0.39 is 47.9 Å². The minimum atomic E-state index is -4.53. The van der Waals surface area contributed by atoms with Gasteiger partial charge in [0.25, 0.3) is 0 Å². The maximum absolute atomic E-state index is 13.1. The Hall–Kier alpha value is -3.60. The van der Waals surface area contributed by atoms with Crippen LogP contribution in [0.1, 0.15) is 31.9 Å². The number of ether oxygens (including phenoxy) is 1.